The summed E-state index contributed by atoms with van der Waals surface area (Å²) in [5.74, 6) is 5.41. The number of nitrogens with one attached hydrogen (secondary N) is 2. The second-order valence-corrected chi connectivity index (χ2v) is 20.5. The zero-order valence-corrected chi connectivity index (χ0v) is 46.4. The Bertz CT molecular complexity index is 3400. The first-order valence-electron chi connectivity index (χ1n) is 27.9. The monoisotopic (exact) mass is 1090 g/mol. The van der Waals surface area contributed by atoms with Crippen LogP contribution in [0.3, 0.4) is 0 Å². The molecule has 0 unspecified atom stereocenters. The minimum atomic E-state index is 0.0595. The Hall–Kier alpha value is -8.65. The number of anilines is 6. The number of rotatable bonds is 15. The van der Waals surface area contributed by atoms with Crippen LogP contribution >= 0.6 is 0 Å². The van der Waals surface area contributed by atoms with Gasteiger partial charge >= 0.3 is 0 Å². The van der Waals surface area contributed by atoms with E-state index in [0.29, 0.717) is 69.0 Å². The van der Waals surface area contributed by atoms with E-state index >= 15 is 0 Å². The Kier molecular flexibility index (Phi) is 17.2. The summed E-state index contributed by atoms with van der Waals surface area (Å²) in [6, 6.07) is 40.0. The van der Waals surface area contributed by atoms with Crippen LogP contribution < -0.4 is 29.9 Å². The quantitative estimate of drug-likeness (QED) is 0.0985. The molecule has 19 heteroatoms. The van der Waals surface area contributed by atoms with E-state index in [1.807, 2.05) is 114 Å². The molecule has 4 aromatic heterocycles. The van der Waals surface area contributed by atoms with E-state index in [2.05, 4.69) is 66.0 Å². The van der Waals surface area contributed by atoms with Crippen LogP contribution in [0, 0.1) is 0 Å². The van der Waals surface area contributed by atoms with E-state index in [1.165, 1.54) is 5.56 Å². The van der Waals surface area contributed by atoms with E-state index in [1.54, 1.807) is 31.5 Å². The van der Waals surface area contributed by atoms with Gasteiger partial charge < -0.3 is 44.3 Å². The lowest BCUT2D eigenvalue weighted by Crippen LogP contribution is -2.45. The molecule has 0 radical (unpaired) electrons. The van der Waals surface area contributed by atoms with Crippen molar-refractivity contribution >= 4 is 40.8 Å². The molecule has 0 saturated carbocycles. The number of hydrogen-bond acceptors (Lipinski definition) is 18. The van der Waals surface area contributed by atoms with Crippen LogP contribution in [0.1, 0.15) is 61.3 Å². The smallest absolute Gasteiger partial charge is 0.230 e. The highest BCUT2D eigenvalue weighted by molar-refractivity contribution is 5.74. The Morgan fingerprint density at radius 3 is 1.49 bits per heavy atom. The molecule has 0 aliphatic carbocycles. The van der Waals surface area contributed by atoms with Gasteiger partial charge in [0.1, 0.15) is 24.8 Å². The summed E-state index contributed by atoms with van der Waals surface area (Å²) >= 11 is 0. The van der Waals surface area contributed by atoms with Crippen molar-refractivity contribution in [1.29, 1.82) is 0 Å². The van der Waals surface area contributed by atoms with Gasteiger partial charge in [0.05, 0.1) is 56.4 Å². The van der Waals surface area contributed by atoms with Gasteiger partial charge in [-0.3, -0.25) is 9.69 Å². The summed E-state index contributed by atoms with van der Waals surface area (Å²) in [6.45, 7) is 17.5. The molecular weight excluding hydrogens is 1020 g/mol. The third kappa shape index (κ3) is 13.5. The van der Waals surface area contributed by atoms with E-state index < -0.39 is 0 Å². The maximum atomic E-state index is 12.1. The third-order valence-electron chi connectivity index (χ3n) is 14.9. The van der Waals surface area contributed by atoms with Crippen LogP contribution in [0.5, 0.6) is 11.8 Å². The largest absolute Gasteiger partial charge is 0.473 e. The predicted molar refractivity (Wildman–Crippen MR) is 312 cm³/mol. The van der Waals surface area contributed by atoms with Gasteiger partial charge in [-0.2, -0.15) is 9.97 Å². The van der Waals surface area contributed by atoms with E-state index in [4.69, 9.17) is 38.9 Å². The van der Waals surface area contributed by atoms with Gasteiger partial charge in [0, 0.05) is 97.8 Å². The summed E-state index contributed by atoms with van der Waals surface area (Å²) < 4.78 is 23.1. The van der Waals surface area contributed by atoms with Crippen molar-refractivity contribution < 1.29 is 23.7 Å². The van der Waals surface area contributed by atoms with Crippen LogP contribution in [-0.4, -0.2) is 127 Å². The normalized spacial score (nSPS) is 17.0. The molecule has 0 spiro atoms. The number of amides is 1. The topological polar surface area (TPSA) is 194 Å². The lowest BCUT2D eigenvalue weighted by atomic mass is 10.0. The highest BCUT2D eigenvalue weighted by atomic mass is 16.5. The summed E-state index contributed by atoms with van der Waals surface area (Å²) in [6.07, 6.45) is 5.08. The van der Waals surface area contributed by atoms with Crippen molar-refractivity contribution in [3.05, 3.63) is 167 Å². The second kappa shape index (κ2) is 25.6. The molecule has 2 atom stereocenters. The molecule has 2 saturated heterocycles. The first-order valence-corrected chi connectivity index (χ1v) is 27.9. The molecule has 1 amide bonds. The Labute approximate surface area is 472 Å². The fourth-order valence-electron chi connectivity index (χ4n) is 10.3. The van der Waals surface area contributed by atoms with E-state index in [9.17, 15) is 4.79 Å². The van der Waals surface area contributed by atoms with Gasteiger partial charge in [-0.1, -0.05) is 67.6 Å². The lowest BCUT2D eigenvalue weighted by Gasteiger charge is -2.37. The first kappa shape index (κ1) is 54.3. The van der Waals surface area contributed by atoms with Crippen LogP contribution in [0.15, 0.2) is 134 Å². The molecule has 416 valence electrons. The standard InChI is InChI=1S/C31H33N7O3.C31H35N7O2/c1-21-19-40-17-16-38(21)30-26-13-15-37(22(2)39)18-27(26)34-29(36-30)24-8-10-25(11-9-24)33-31-32-14-12-28(35-31)41-20-23-6-4-3-5-7-23;1-3-37-16-14-26-27(19-37)34-29(36-30(26)38-17-18-39-20-22(38)2)24-9-11-25(12-10-24)33-31-32-15-13-28(35-31)40-21-23-7-5-4-6-8-23/h3-12,14,21H,13,15-20H2,1-2H3,(H,32,33,35);4-13,15,22H,3,14,16-21H2,1-2H3,(H,32,33,35)/t21-;22-/m00/s1. The average Bonchev–Trinajstić information content (AvgIpc) is 3.54. The second-order valence-electron chi connectivity index (χ2n) is 20.5. The average molecular weight is 1090 g/mol. The Morgan fingerprint density at radius 1 is 0.568 bits per heavy atom. The van der Waals surface area contributed by atoms with Gasteiger partial charge in [-0.15, -0.1) is 0 Å². The molecule has 19 nitrogen and oxygen atoms in total. The number of hydrogen-bond donors (Lipinski definition) is 2. The first-order chi connectivity index (χ1) is 39.7. The SMILES string of the molecule is CC(=O)N1CCc2c(nc(-c3ccc(Nc4nccc(OCc5ccccc5)n4)cc3)nc2N2CCOC[C@@H]2C)C1.CCN1CCc2c(nc(-c3ccc(Nc4nccc(OCc5ccccc5)n4)cc3)nc2N2CCOC[C@@H]2C)C1. The fourth-order valence-corrected chi connectivity index (χ4v) is 10.3. The Balaban J connectivity index is 0.000000170. The molecule has 12 rings (SSSR count). The number of carbonyl (C=O) groups is 1. The van der Waals surface area contributed by atoms with E-state index in [-0.39, 0.29) is 18.0 Å². The van der Waals surface area contributed by atoms with Crippen molar-refractivity contribution in [1.82, 2.24) is 49.7 Å². The van der Waals surface area contributed by atoms with Gasteiger partial charge in [0.15, 0.2) is 11.6 Å². The molecule has 4 aliphatic heterocycles. The number of benzene rings is 4. The Morgan fingerprint density at radius 2 is 1.04 bits per heavy atom. The van der Waals surface area contributed by atoms with Crippen LogP contribution in [0.25, 0.3) is 22.8 Å². The molecule has 8 aromatic rings. The van der Waals surface area contributed by atoms with Crippen molar-refractivity contribution in [2.24, 2.45) is 0 Å². The molecule has 2 N–H and O–H groups in total. The minimum Gasteiger partial charge on any atom is -0.473 e. The predicted octanol–water partition coefficient (Wildman–Crippen LogP) is 9.25. The fraction of sp³-hybridized carbons (Fsp3) is 0.339. The number of morpholine rings is 2. The number of likely N-dealkylation sites (N-methyl/N-ethyl adjacent to an activating group) is 1. The third-order valence-corrected chi connectivity index (χ3v) is 14.9. The van der Waals surface area contributed by atoms with Crippen molar-refractivity contribution in [3.8, 4) is 34.5 Å². The lowest BCUT2D eigenvalue weighted by molar-refractivity contribution is -0.129. The van der Waals surface area contributed by atoms with Crippen molar-refractivity contribution in [2.45, 2.75) is 78.9 Å². The number of carbonyl (C=O) groups excluding carboxylic acids is 1. The van der Waals surface area contributed by atoms with E-state index in [0.717, 1.165) is 127 Å². The molecule has 2 fully saturated rings. The molecular formula is C62H68N14O5. The van der Waals surface area contributed by atoms with Crippen molar-refractivity contribution in [2.75, 3.05) is 79.6 Å². The van der Waals surface area contributed by atoms with Gasteiger partial charge in [0.25, 0.3) is 0 Å². The highest BCUT2D eigenvalue weighted by Gasteiger charge is 2.31. The molecule has 0 bridgehead atoms. The molecule has 4 aromatic carbocycles. The van der Waals surface area contributed by atoms with Crippen molar-refractivity contribution in [3.63, 3.8) is 0 Å². The zero-order valence-electron chi connectivity index (χ0n) is 46.4. The van der Waals surface area contributed by atoms with Gasteiger partial charge in [0.2, 0.25) is 29.6 Å². The molecule has 81 heavy (non-hydrogen) atoms. The number of fused-ring (bicyclic) bond motifs is 2. The van der Waals surface area contributed by atoms with Crippen LogP contribution in [-0.2, 0) is 53.4 Å². The summed E-state index contributed by atoms with van der Waals surface area (Å²) in [5, 5.41) is 6.53. The maximum absolute atomic E-state index is 12.1. The molecule has 4 aliphatic rings. The highest BCUT2D eigenvalue weighted by Crippen LogP contribution is 2.34. The van der Waals surface area contributed by atoms with Gasteiger partial charge in [-0.25, -0.2) is 29.9 Å². The summed E-state index contributed by atoms with van der Waals surface area (Å²) in [5.41, 5.74) is 10.2. The minimum absolute atomic E-state index is 0.0595. The van der Waals surface area contributed by atoms with Crippen LogP contribution in [0.4, 0.5) is 34.9 Å². The number of nitrogens with zero attached hydrogens (tertiary/aromatic N) is 12. The number of aromatic nitrogens is 8. The van der Waals surface area contributed by atoms with Gasteiger partial charge in [-0.05, 0) is 92.9 Å². The number of ether oxygens (including phenoxy) is 4. The molecule has 8 heterocycles. The maximum Gasteiger partial charge on any atom is 0.230 e. The summed E-state index contributed by atoms with van der Waals surface area (Å²) in [4.78, 5) is 59.0. The van der Waals surface area contributed by atoms with Crippen LogP contribution in [0.2, 0.25) is 0 Å². The zero-order chi connectivity index (χ0) is 55.5. The summed E-state index contributed by atoms with van der Waals surface area (Å²) in [7, 11) is 0.